The standard InChI is InChI=1S/C8H12N2OS/c1-3-10-7(4-5-9-10)8(11)6-12-2/h4-5H,3,6H2,1-2H3. The molecule has 4 heteroatoms. The van der Waals surface area contributed by atoms with Gasteiger partial charge in [0.1, 0.15) is 5.69 Å². The first-order valence-electron chi connectivity index (χ1n) is 3.83. The van der Waals surface area contributed by atoms with Crippen molar-refractivity contribution in [2.24, 2.45) is 0 Å². The molecule has 66 valence electrons. The first kappa shape index (κ1) is 9.32. The summed E-state index contributed by atoms with van der Waals surface area (Å²) >= 11 is 1.54. The predicted octanol–water partition coefficient (Wildman–Crippen LogP) is 1.45. The van der Waals surface area contributed by atoms with Crippen LogP contribution in [0.1, 0.15) is 17.4 Å². The quantitative estimate of drug-likeness (QED) is 0.664. The molecular formula is C8H12N2OS. The highest BCUT2D eigenvalue weighted by atomic mass is 32.2. The van der Waals surface area contributed by atoms with Gasteiger partial charge in [-0.25, -0.2) is 0 Å². The maximum Gasteiger partial charge on any atom is 0.190 e. The highest BCUT2D eigenvalue weighted by molar-refractivity contribution is 7.99. The molecule has 0 aliphatic rings. The fraction of sp³-hybridized carbons (Fsp3) is 0.500. The lowest BCUT2D eigenvalue weighted by Gasteiger charge is -2.01. The minimum atomic E-state index is 0.154. The molecule has 0 fully saturated rings. The second kappa shape index (κ2) is 4.30. The van der Waals surface area contributed by atoms with Gasteiger partial charge < -0.3 is 0 Å². The van der Waals surface area contributed by atoms with Crippen molar-refractivity contribution in [3.8, 4) is 0 Å². The minimum Gasteiger partial charge on any atom is -0.292 e. The van der Waals surface area contributed by atoms with Gasteiger partial charge in [-0.3, -0.25) is 9.48 Å². The lowest BCUT2D eigenvalue weighted by molar-refractivity contribution is 0.101. The minimum absolute atomic E-state index is 0.154. The van der Waals surface area contributed by atoms with Gasteiger partial charge in [0.25, 0.3) is 0 Å². The third-order valence-corrected chi connectivity index (χ3v) is 2.13. The molecule has 0 aromatic carbocycles. The van der Waals surface area contributed by atoms with E-state index in [4.69, 9.17) is 0 Å². The smallest absolute Gasteiger partial charge is 0.190 e. The first-order valence-corrected chi connectivity index (χ1v) is 5.23. The van der Waals surface area contributed by atoms with Crippen LogP contribution in [0.25, 0.3) is 0 Å². The zero-order valence-corrected chi connectivity index (χ0v) is 8.10. The number of thioether (sulfide) groups is 1. The number of aryl methyl sites for hydroxylation is 1. The van der Waals surface area contributed by atoms with E-state index >= 15 is 0 Å². The monoisotopic (exact) mass is 184 g/mol. The van der Waals surface area contributed by atoms with E-state index in [2.05, 4.69) is 5.10 Å². The Kier molecular flexibility index (Phi) is 3.34. The van der Waals surface area contributed by atoms with E-state index in [1.807, 2.05) is 13.2 Å². The summed E-state index contributed by atoms with van der Waals surface area (Å²) in [5.41, 5.74) is 0.715. The topological polar surface area (TPSA) is 34.9 Å². The Labute approximate surface area is 76.1 Å². The summed E-state index contributed by atoms with van der Waals surface area (Å²) < 4.78 is 1.72. The molecule has 1 rings (SSSR count). The molecule has 0 saturated carbocycles. The van der Waals surface area contributed by atoms with E-state index in [1.54, 1.807) is 16.9 Å². The molecule has 0 aliphatic carbocycles. The second-order valence-electron chi connectivity index (χ2n) is 2.39. The predicted molar refractivity (Wildman–Crippen MR) is 50.6 cm³/mol. The van der Waals surface area contributed by atoms with Crippen molar-refractivity contribution in [3.05, 3.63) is 18.0 Å². The fourth-order valence-corrected chi connectivity index (χ4v) is 1.44. The Morgan fingerprint density at radius 2 is 2.50 bits per heavy atom. The molecule has 1 heterocycles. The number of carbonyl (C=O) groups is 1. The number of aromatic nitrogens is 2. The summed E-state index contributed by atoms with van der Waals surface area (Å²) in [7, 11) is 0. The van der Waals surface area contributed by atoms with Gasteiger partial charge in [0.05, 0.1) is 5.75 Å². The van der Waals surface area contributed by atoms with Crippen LogP contribution in [-0.2, 0) is 6.54 Å². The normalized spacial score (nSPS) is 10.2. The van der Waals surface area contributed by atoms with Crippen LogP contribution in [0.3, 0.4) is 0 Å². The molecule has 0 radical (unpaired) electrons. The summed E-state index contributed by atoms with van der Waals surface area (Å²) in [5, 5.41) is 4.02. The van der Waals surface area contributed by atoms with Gasteiger partial charge in [0, 0.05) is 12.7 Å². The largest absolute Gasteiger partial charge is 0.292 e. The van der Waals surface area contributed by atoms with Gasteiger partial charge in [-0.05, 0) is 19.2 Å². The average molecular weight is 184 g/mol. The molecule has 0 atom stereocenters. The molecule has 1 aromatic heterocycles. The third kappa shape index (κ3) is 1.88. The van der Waals surface area contributed by atoms with Crippen LogP contribution in [0, 0.1) is 0 Å². The molecule has 0 amide bonds. The molecule has 0 saturated heterocycles. The van der Waals surface area contributed by atoms with E-state index in [0.717, 1.165) is 6.54 Å². The SMILES string of the molecule is CCn1nccc1C(=O)CSC. The molecule has 0 aliphatic heterocycles. The Balaban J connectivity index is 2.79. The van der Waals surface area contributed by atoms with Crippen molar-refractivity contribution in [2.75, 3.05) is 12.0 Å². The Bertz CT molecular complexity index is 270. The lowest BCUT2D eigenvalue weighted by Crippen LogP contribution is -2.10. The first-order chi connectivity index (χ1) is 5.79. The summed E-state index contributed by atoms with van der Waals surface area (Å²) in [6.45, 7) is 2.73. The van der Waals surface area contributed by atoms with Gasteiger partial charge in [0.15, 0.2) is 5.78 Å². The Hall–Kier alpha value is -0.770. The van der Waals surface area contributed by atoms with Crippen molar-refractivity contribution in [1.82, 2.24) is 9.78 Å². The molecule has 3 nitrogen and oxygen atoms in total. The van der Waals surface area contributed by atoms with Crippen molar-refractivity contribution in [2.45, 2.75) is 13.5 Å². The van der Waals surface area contributed by atoms with Crippen LogP contribution in [0.2, 0.25) is 0 Å². The lowest BCUT2D eigenvalue weighted by atomic mass is 10.3. The van der Waals surface area contributed by atoms with Crippen LogP contribution < -0.4 is 0 Å². The highest BCUT2D eigenvalue weighted by Gasteiger charge is 2.09. The van der Waals surface area contributed by atoms with Crippen LogP contribution in [-0.4, -0.2) is 27.6 Å². The molecule has 12 heavy (non-hydrogen) atoms. The van der Waals surface area contributed by atoms with Crippen molar-refractivity contribution < 1.29 is 4.79 Å². The van der Waals surface area contributed by atoms with E-state index in [9.17, 15) is 4.79 Å². The van der Waals surface area contributed by atoms with Gasteiger partial charge >= 0.3 is 0 Å². The molecule has 0 spiro atoms. The third-order valence-electron chi connectivity index (χ3n) is 1.58. The van der Waals surface area contributed by atoms with E-state index in [0.29, 0.717) is 11.4 Å². The number of hydrogen-bond acceptors (Lipinski definition) is 3. The maximum absolute atomic E-state index is 11.4. The summed E-state index contributed by atoms with van der Waals surface area (Å²) in [6, 6.07) is 1.77. The Morgan fingerprint density at radius 1 is 1.75 bits per heavy atom. The summed E-state index contributed by atoms with van der Waals surface area (Å²) in [6.07, 6.45) is 3.58. The van der Waals surface area contributed by atoms with Gasteiger partial charge in [-0.1, -0.05) is 0 Å². The van der Waals surface area contributed by atoms with Gasteiger partial charge in [-0.2, -0.15) is 16.9 Å². The molecule has 0 bridgehead atoms. The van der Waals surface area contributed by atoms with Gasteiger partial charge in [-0.15, -0.1) is 0 Å². The maximum atomic E-state index is 11.4. The highest BCUT2D eigenvalue weighted by Crippen LogP contribution is 2.04. The van der Waals surface area contributed by atoms with Crippen LogP contribution >= 0.6 is 11.8 Å². The van der Waals surface area contributed by atoms with Crippen LogP contribution in [0.5, 0.6) is 0 Å². The summed E-state index contributed by atoms with van der Waals surface area (Å²) in [5.74, 6) is 0.688. The van der Waals surface area contributed by atoms with Crippen LogP contribution in [0.4, 0.5) is 0 Å². The number of hydrogen-bond donors (Lipinski definition) is 0. The van der Waals surface area contributed by atoms with Gasteiger partial charge in [0.2, 0.25) is 0 Å². The number of rotatable bonds is 4. The molecule has 1 aromatic rings. The van der Waals surface area contributed by atoms with E-state index < -0.39 is 0 Å². The zero-order valence-electron chi connectivity index (χ0n) is 7.28. The molecule has 0 unspecified atom stereocenters. The molecule has 0 N–H and O–H groups in total. The van der Waals surface area contributed by atoms with E-state index in [-0.39, 0.29) is 5.78 Å². The molecular weight excluding hydrogens is 172 g/mol. The average Bonchev–Trinajstić information content (AvgIpc) is 2.51. The van der Waals surface area contributed by atoms with Crippen molar-refractivity contribution in [3.63, 3.8) is 0 Å². The number of carbonyl (C=O) groups excluding carboxylic acids is 1. The Morgan fingerprint density at radius 3 is 3.08 bits per heavy atom. The van der Waals surface area contributed by atoms with Crippen molar-refractivity contribution in [1.29, 1.82) is 0 Å². The number of ketones is 1. The van der Waals surface area contributed by atoms with Crippen molar-refractivity contribution >= 4 is 17.5 Å². The van der Waals surface area contributed by atoms with E-state index in [1.165, 1.54) is 11.8 Å². The zero-order chi connectivity index (χ0) is 8.97. The second-order valence-corrected chi connectivity index (χ2v) is 3.25. The number of Topliss-reactive ketones (excluding diaryl/α,β-unsaturated/α-hetero) is 1. The fourth-order valence-electron chi connectivity index (χ4n) is 1.03. The number of nitrogens with zero attached hydrogens (tertiary/aromatic N) is 2. The van der Waals surface area contributed by atoms with Crippen LogP contribution in [0.15, 0.2) is 12.3 Å². The summed E-state index contributed by atoms with van der Waals surface area (Å²) in [4.78, 5) is 11.4.